The Labute approximate surface area is 185 Å². The SMILES string of the molecule is CCn1c(=NC(=O)CS(=O)(=O)CC(=O)N2CC(C)CC(C)C2)sc2cc(Cl)ccc21. The van der Waals surface area contributed by atoms with Crippen molar-refractivity contribution in [2.24, 2.45) is 16.8 Å². The van der Waals surface area contributed by atoms with Crippen LogP contribution in [0.1, 0.15) is 27.2 Å². The number of carbonyl (C=O) groups is 2. The van der Waals surface area contributed by atoms with Gasteiger partial charge in [0.15, 0.2) is 14.6 Å². The van der Waals surface area contributed by atoms with Crippen molar-refractivity contribution in [1.82, 2.24) is 9.47 Å². The van der Waals surface area contributed by atoms with Gasteiger partial charge in [-0.05, 0) is 43.4 Å². The topological polar surface area (TPSA) is 88.8 Å². The summed E-state index contributed by atoms with van der Waals surface area (Å²) in [6.07, 6.45) is 1.02. The quantitative estimate of drug-likeness (QED) is 0.670. The van der Waals surface area contributed by atoms with Gasteiger partial charge in [0.25, 0.3) is 5.91 Å². The summed E-state index contributed by atoms with van der Waals surface area (Å²) in [6, 6.07) is 5.39. The number of carbonyl (C=O) groups excluding carboxylic acids is 2. The molecule has 1 aromatic carbocycles. The molecule has 164 valence electrons. The minimum absolute atomic E-state index is 0.336. The van der Waals surface area contributed by atoms with Crippen LogP contribution in [-0.4, -0.2) is 54.3 Å². The first-order valence-corrected chi connectivity index (χ1v) is 12.9. The number of halogens is 1. The summed E-state index contributed by atoms with van der Waals surface area (Å²) in [7, 11) is -3.90. The molecule has 0 bridgehead atoms. The van der Waals surface area contributed by atoms with E-state index in [9.17, 15) is 18.0 Å². The van der Waals surface area contributed by atoms with Crippen molar-refractivity contribution in [2.45, 2.75) is 33.7 Å². The Morgan fingerprint density at radius 1 is 1.20 bits per heavy atom. The summed E-state index contributed by atoms with van der Waals surface area (Å²) in [5.41, 5.74) is 0.879. The number of fused-ring (bicyclic) bond motifs is 1. The van der Waals surface area contributed by atoms with Crippen LogP contribution in [0.25, 0.3) is 10.2 Å². The first-order valence-electron chi connectivity index (χ1n) is 9.92. The van der Waals surface area contributed by atoms with Crippen molar-refractivity contribution in [3.05, 3.63) is 28.0 Å². The van der Waals surface area contributed by atoms with Gasteiger partial charge in [-0.3, -0.25) is 9.59 Å². The van der Waals surface area contributed by atoms with Crippen LogP contribution in [0.2, 0.25) is 5.02 Å². The Kier molecular flexibility index (Phi) is 7.04. The number of hydrogen-bond acceptors (Lipinski definition) is 5. The molecular formula is C20H26ClN3O4S2. The molecule has 0 N–H and O–H groups in total. The molecule has 0 radical (unpaired) electrons. The van der Waals surface area contributed by atoms with E-state index in [1.165, 1.54) is 11.3 Å². The molecule has 1 fully saturated rings. The van der Waals surface area contributed by atoms with Crippen LogP contribution < -0.4 is 4.80 Å². The van der Waals surface area contributed by atoms with Gasteiger partial charge in [-0.2, -0.15) is 4.99 Å². The Hall–Kier alpha value is -1.71. The van der Waals surface area contributed by atoms with Gasteiger partial charge in [0.2, 0.25) is 5.91 Å². The summed E-state index contributed by atoms with van der Waals surface area (Å²) in [4.78, 5) is 30.9. The number of amides is 2. The van der Waals surface area contributed by atoms with Crippen molar-refractivity contribution < 1.29 is 18.0 Å². The highest BCUT2D eigenvalue weighted by molar-refractivity contribution is 7.92. The number of aromatic nitrogens is 1. The first kappa shape index (κ1) is 23.0. The van der Waals surface area contributed by atoms with Crippen molar-refractivity contribution in [3.8, 4) is 0 Å². The van der Waals surface area contributed by atoms with E-state index < -0.39 is 33.2 Å². The van der Waals surface area contributed by atoms with Gasteiger partial charge in [0.05, 0.1) is 10.2 Å². The third kappa shape index (κ3) is 5.50. The zero-order valence-electron chi connectivity index (χ0n) is 17.3. The number of sulfone groups is 1. The van der Waals surface area contributed by atoms with Crippen molar-refractivity contribution >= 4 is 54.8 Å². The number of nitrogens with zero attached hydrogens (tertiary/aromatic N) is 3. The van der Waals surface area contributed by atoms with E-state index in [0.29, 0.717) is 41.3 Å². The zero-order valence-corrected chi connectivity index (χ0v) is 19.7. The molecule has 10 heteroatoms. The van der Waals surface area contributed by atoms with Gasteiger partial charge in [0, 0.05) is 24.7 Å². The molecule has 2 amide bonds. The highest BCUT2D eigenvalue weighted by Gasteiger charge is 2.29. The van der Waals surface area contributed by atoms with Crippen molar-refractivity contribution in [1.29, 1.82) is 0 Å². The third-order valence-corrected chi connectivity index (χ3v) is 7.74. The van der Waals surface area contributed by atoms with E-state index in [4.69, 9.17) is 11.6 Å². The molecule has 2 unspecified atom stereocenters. The van der Waals surface area contributed by atoms with E-state index in [2.05, 4.69) is 4.99 Å². The lowest BCUT2D eigenvalue weighted by Gasteiger charge is -2.34. The van der Waals surface area contributed by atoms with Crippen LogP contribution in [0.15, 0.2) is 23.2 Å². The molecule has 0 saturated carbocycles. The normalized spacial score (nSPS) is 20.7. The lowest BCUT2D eigenvalue weighted by atomic mass is 9.92. The summed E-state index contributed by atoms with van der Waals surface area (Å²) >= 11 is 7.31. The zero-order chi connectivity index (χ0) is 22.1. The molecule has 1 aromatic heterocycles. The molecule has 0 aliphatic carbocycles. The lowest BCUT2D eigenvalue weighted by molar-refractivity contribution is -0.131. The molecule has 30 heavy (non-hydrogen) atoms. The Balaban J connectivity index is 1.75. The van der Waals surface area contributed by atoms with Gasteiger partial charge in [0.1, 0.15) is 11.5 Å². The van der Waals surface area contributed by atoms with Gasteiger partial charge in [-0.1, -0.05) is 36.8 Å². The molecule has 1 aliphatic heterocycles. The Morgan fingerprint density at radius 3 is 2.50 bits per heavy atom. The number of rotatable bonds is 5. The molecule has 2 aromatic rings. The average Bonchev–Trinajstić information content (AvgIpc) is 2.95. The van der Waals surface area contributed by atoms with Crippen LogP contribution >= 0.6 is 22.9 Å². The van der Waals surface area contributed by atoms with Crippen LogP contribution in [0.5, 0.6) is 0 Å². The van der Waals surface area contributed by atoms with E-state index in [0.717, 1.165) is 16.6 Å². The highest BCUT2D eigenvalue weighted by atomic mass is 35.5. The molecule has 7 nitrogen and oxygen atoms in total. The van der Waals surface area contributed by atoms with Gasteiger partial charge in [-0.15, -0.1) is 0 Å². The molecule has 1 saturated heterocycles. The van der Waals surface area contributed by atoms with E-state index in [1.54, 1.807) is 17.0 Å². The van der Waals surface area contributed by atoms with Crippen LogP contribution in [-0.2, 0) is 26.0 Å². The maximum atomic E-state index is 12.5. The molecule has 2 atom stereocenters. The minimum atomic E-state index is -3.90. The predicted octanol–water partition coefficient (Wildman–Crippen LogP) is 2.72. The van der Waals surface area contributed by atoms with Crippen LogP contribution in [0.4, 0.5) is 0 Å². The maximum Gasteiger partial charge on any atom is 0.263 e. The Bertz CT molecular complexity index is 1130. The van der Waals surface area contributed by atoms with E-state index >= 15 is 0 Å². The van der Waals surface area contributed by atoms with Crippen LogP contribution in [0.3, 0.4) is 0 Å². The fraction of sp³-hybridized carbons (Fsp3) is 0.550. The second kappa shape index (κ2) is 9.20. The average molecular weight is 472 g/mol. The molecule has 1 aliphatic rings. The van der Waals surface area contributed by atoms with Crippen molar-refractivity contribution in [3.63, 3.8) is 0 Å². The molecular weight excluding hydrogens is 446 g/mol. The first-order chi connectivity index (χ1) is 14.1. The fourth-order valence-electron chi connectivity index (χ4n) is 3.96. The summed E-state index contributed by atoms with van der Waals surface area (Å²) < 4.78 is 27.6. The van der Waals surface area contributed by atoms with E-state index in [1.807, 2.05) is 31.4 Å². The standard InChI is InChI=1S/C20H26ClN3O4S2/c1-4-24-16-6-5-15(21)8-17(16)29-20(24)22-18(25)11-30(27,28)12-19(26)23-9-13(2)7-14(3)10-23/h5-6,8,13-14H,4,7,9-12H2,1-3H3. The third-order valence-electron chi connectivity index (χ3n) is 5.09. The summed E-state index contributed by atoms with van der Waals surface area (Å²) in [5, 5.41) is 0.576. The summed E-state index contributed by atoms with van der Waals surface area (Å²) in [5.74, 6) is -1.99. The number of hydrogen-bond donors (Lipinski definition) is 0. The van der Waals surface area contributed by atoms with E-state index in [-0.39, 0.29) is 0 Å². The monoisotopic (exact) mass is 471 g/mol. The molecule has 2 heterocycles. The molecule has 3 rings (SSSR count). The Morgan fingerprint density at radius 2 is 1.87 bits per heavy atom. The summed E-state index contributed by atoms with van der Waals surface area (Å²) in [6.45, 7) is 7.70. The highest BCUT2D eigenvalue weighted by Crippen LogP contribution is 2.22. The predicted molar refractivity (Wildman–Crippen MR) is 119 cm³/mol. The number of piperidine rings is 1. The van der Waals surface area contributed by atoms with Gasteiger partial charge < -0.3 is 9.47 Å². The number of thiazole rings is 1. The second-order valence-corrected chi connectivity index (χ2v) is 11.5. The number of likely N-dealkylation sites (tertiary alicyclic amines) is 1. The lowest BCUT2D eigenvalue weighted by Crippen LogP contribution is -2.45. The van der Waals surface area contributed by atoms with Gasteiger partial charge >= 0.3 is 0 Å². The number of aryl methyl sites for hydroxylation is 1. The minimum Gasteiger partial charge on any atom is -0.341 e. The smallest absolute Gasteiger partial charge is 0.263 e. The van der Waals surface area contributed by atoms with Gasteiger partial charge in [-0.25, -0.2) is 8.42 Å². The second-order valence-electron chi connectivity index (χ2n) is 8.02. The fourth-order valence-corrected chi connectivity index (χ4v) is 6.45. The largest absolute Gasteiger partial charge is 0.341 e. The van der Waals surface area contributed by atoms with Crippen molar-refractivity contribution in [2.75, 3.05) is 24.6 Å². The number of benzene rings is 1. The molecule has 0 spiro atoms. The van der Waals surface area contributed by atoms with Crippen LogP contribution in [0, 0.1) is 11.8 Å². The maximum absolute atomic E-state index is 12.5.